The van der Waals surface area contributed by atoms with Crippen molar-refractivity contribution >= 4 is 0 Å². The van der Waals surface area contributed by atoms with Gasteiger partial charge in [0, 0.05) is 13.1 Å². The van der Waals surface area contributed by atoms with Gasteiger partial charge in [0.2, 0.25) is 0 Å². The topological polar surface area (TPSA) is 24.5 Å². The van der Waals surface area contributed by atoms with E-state index >= 15 is 0 Å². The summed E-state index contributed by atoms with van der Waals surface area (Å²) in [6.45, 7) is 11.0. The summed E-state index contributed by atoms with van der Waals surface area (Å²) in [6.07, 6.45) is 6.94. The lowest BCUT2D eigenvalue weighted by molar-refractivity contribution is 0.0299. The molecule has 1 fully saturated rings. The van der Waals surface area contributed by atoms with Crippen molar-refractivity contribution in [1.29, 1.82) is 0 Å². The minimum Gasteiger partial charge on any atom is -0.376 e. The third-order valence-electron chi connectivity index (χ3n) is 3.44. The van der Waals surface area contributed by atoms with Crippen LogP contribution in [0.1, 0.15) is 46.0 Å². The Labute approximate surface area is 107 Å². The molecule has 1 atom stereocenters. The second-order valence-electron chi connectivity index (χ2n) is 4.99. The minimum absolute atomic E-state index is 0.407. The summed E-state index contributed by atoms with van der Waals surface area (Å²) in [6, 6.07) is 0. The molecule has 0 aromatic rings. The van der Waals surface area contributed by atoms with Crippen LogP contribution in [0.3, 0.4) is 0 Å². The molecular formula is C14H30N2O. The van der Waals surface area contributed by atoms with Gasteiger partial charge in [-0.1, -0.05) is 26.7 Å². The molecule has 0 aromatic heterocycles. The Balaban J connectivity index is 2.07. The van der Waals surface area contributed by atoms with Crippen molar-refractivity contribution in [3.05, 3.63) is 0 Å². The molecule has 1 N–H and O–H groups in total. The van der Waals surface area contributed by atoms with Crippen LogP contribution in [0, 0.1) is 0 Å². The normalized spacial score (nSPS) is 19.4. The Kier molecular flexibility index (Phi) is 8.67. The Morgan fingerprint density at radius 3 is 2.59 bits per heavy atom. The summed E-state index contributed by atoms with van der Waals surface area (Å²) in [7, 11) is 0. The van der Waals surface area contributed by atoms with E-state index < -0.39 is 0 Å². The fourth-order valence-corrected chi connectivity index (χ4v) is 2.40. The lowest BCUT2D eigenvalue weighted by atomic mass is 10.1. The second kappa shape index (κ2) is 9.86. The molecule has 0 aromatic carbocycles. The molecule has 0 bridgehead atoms. The standard InChI is InChI=1S/C14H30N2O/c1-3-8-14(13-15-4-2)17-12-11-16-9-6-5-7-10-16/h14-15H,3-13H2,1-2H3. The first-order chi connectivity index (χ1) is 8.36. The summed E-state index contributed by atoms with van der Waals surface area (Å²) in [5, 5.41) is 3.38. The van der Waals surface area contributed by atoms with Crippen molar-refractivity contribution < 1.29 is 4.74 Å². The fourth-order valence-electron chi connectivity index (χ4n) is 2.40. The van der Waals surface area contributed by atoms with Crippen LogP contribution in [0.2, 0.25) is 0 Å². The Morgan fingerprint density at radius 1 is 1.18 bits per heavy atom. The predicted molar refractivity (Wildman–Crippen MR) is 73.5 cm³/mol. The van der Waals surface area contributed by atoms with Crippen LogP contribution < -0.4 is 5.32 Å². The Morgan fingerprint density at radius 2 is 1.94 bits per heavy atom. The van der Waals surface area contributed by atoms with Crippen molar-refractivity contribution in [2.24, 2.45) is 0 Å². The van der Waals surface area contributed by atoms with Crippen LogP contribution in [0.5, 0.6) is 0 Å². The van der Waals surface area contributed by atoms with Crippen molar-refractivity contribution in [2.75, 3.05) is 39.3 Å². The maximum atomic E-state index is 5.98. The van der Waals surface area contributed by atoms with E-state index in [1.165, 1.54) is 45.2 Å². The highest BCUT2D eigenvalue weighted by molar-refractivity contribution is 4.65. The molecule has 1 saturated heterocycles. The predicted octanol–water partition coefficient (Wildman–Crippen LogP) is 2.27. The quantitative estimate of drug-likeness (QED) is 0.671. The average Bonchev–Trinajstić information content (AvgIpc) is 2.37. The molecule has 0 aliphatic carbocycles. The van der Waals surface area contributed by atoms with Crippen LogP contribution >= 0.6 is 0 Å². The largest absolute Gasteiger partial charge is 0.376 e. The van der Waals surface area contributed by atoms with Crippen LogP contribution in [0.15, 0.2) is 0 Å². The molecule has 0 spiro atoms. The van der Waals surface area contributed by atoms with Crippen LogP contribution in [-0.2, 0) is 4.74 Å². The first-order valence-electron chi connectivity index (χ1n) is 7.41. The van der Waals surface area contributed by atoms with E-state index in [-0.39, 0.29) is 0 Å². The van der Waals surface area contributed by atoms with Gasteiger partial charge >= 0.3 is 0 Å². The second-order valence-corrected chi connectivity index (χ2v) is 4.99. The number of ether oxygens (including phenoxy) is 1. The number of nitrogens with zero attached hydrogens (tertiary/aromatic N) is 1. The molecule has 1 aliphatic rings. The van der Waals surface area contributed by atoms with Crippen molar-refractivity contribution in [1.82, 2.24) is 10.2 Å². The van der Waals surface area contributed by atoms with E-state index in [0.29, 0.717) is 6.10 Å². The zero-order valence-electron chi connectivity index (χ0n) is 11.7. The summed E-state index contributed by atoms with van der Waals surface area (Å²) >= 11 is 0. The zero-order valence-corrected chi connectivity index (χ0v) is 11.7. The highest BCUT2D eigenvalue weighted by atomic mass is 16.5. The first-order valence-corrected chi connectivity index (χ1v) is 7.41. The zero-order chi connectivity index (χ0) is 12.3. The van der Waals surface area contributed by atoms with Gasteiger partial charge in [-0.3, -0.25) is 0 Å². The smallest absolute Gasteiger partial charge is 0.0700 e. The monoisotopic (exact) mass is 242 g/mol. The van der Waals surface area contributed by atoms with Gasteiger partial charge in [-0.15, -0.1) is 0 Å². The van der Waals surface area contributed by atoms with Crippen LogP contribution in [0.25, 0.3) is 0 Å². The fraction of sp³-hybridized carbons (Fsp3) is 1.00. The van der Waals surface area contributed by atoms with Crippen molar-refractivity contribution in [2.45, 2.75) is 52.1 Å². The first kappa shape index (κ1) is 14.9. The van der Waals surface area contributed by atoms with Crippen molar-refractivity contribution in [3.63, 3.8) is 0 Å². The van der Waals surface area contributed by atoms with Gasteiger partial charge in [0.15, 0.2) is 0 Å². The van der Waals surface area contributed by atoms with E-state index in [1.54, 1.807) is 0 Å². The van der Waals surface area contributed by atoms with Crippen LogP contribution in [-0.4, -0.2) is 50.3 Å². The molecular weight excluding hydrogens is 212 g/mol. The number of likely N-dealkylation sites (N-methyl/N-ethyl adjacent to an activating group) is 1. The third-order valence-corrected chi connectivity index (χ3v) is 3.44. The Bertz CT molecular complexity index is 170. The summed E-state index contributed by atoms with van der Waals surface area (Å²) in [5.41, 5.74) is 0. The maximum absolute atomic E-state index is 5.98. The minimum atomic E-state index is 0.407. The number of nitrogens with one attached hydrogen (secondary N) is 1. The highest BCUT2D eigenvalue weighted by Crippen LogP contribution is 2.08. The molecule has 1 unspecified atom stereocenters. The van der Waals surface area contributed by atoms with E-state index in [4.69, 9.17) is 4.74 Å². The SMILES string of the molecule is CCCC(CNCC)OCCN1CCCCC1. The molecule has 1 heterocycles. The maximum Gasteiger partial charge on any atom is 0.0700 e. The lowest BCUT2D eigenvalue weighted by Crippen LogP contribution is -2.35. The third kappa shape index (κ3) is 7.02. The van der Waals surface area contributed by atoms with E-state index in [2.05, 4.69) is 24.1 Å². The number of piperidine rings is 1. The number of rotatable bonds is 9. The van der Waals surface area contributed by atoms with Gasteiger partial charge in [-0.25, -0.2) is 0 Å². The highest BCUT2D eigenvalue weighted by Gasteiger charge is 2.11. The number of hydrogen-bond donors (Lipinski definition) is 1. The molecule has 1 aliphatic heterocycles. The van der Waals surface area contributed by atoms with Crippen LogP contribution in [0.4, 0.5) is 0 Å². The number of likely N-dealkylation sites (tertiary alicyclic amines) is 1. The molecule has 0 radical (unpaired) electrons. The molecule has 3 heteroatoms. The van der Waals surface area contributed by atoms with Gasteiger partial charge in [-0.2, -0.15) is 0 Å². The van der Waals surface area contributed by atoms with Gasteiger partial charge in [-0.05, 0) is 38.9 Å². The van der Waals surface area contributed by atoms with Gasteiger partial charge in [0.1, 0.15) is 0 Å². The van der Waals surface area contributed by atoms with E-state index in [9.17, 15) is 0 Å². The molecule has 0 amide bonds. The van der Waals surface area contributed by atoms with E-state index in [1.807, 2.05) is 0 Å². The molecule has 0 saturated carbocycles. The van der Waals surface area contributed by atoms with E-state index in [0.717, 1.165) is 26.2 Å². The summed E-state index contributed by atoms with van der Waals surface area (Å²) in [5.74, 6) is 0. The number of hydrogen-bond acceptors (Lipinski definition) is 3. The van der Waals surface area contributed by atoms with Crippen molar-refractivity contribution in [3.8, 4) is 0 Å². The van der Waals surface area contributed by atoms with Gasteiger partial charge in [0.25, 0.3) is 0 Å². The average molecular weight is 242 g/mol. The molecule has 1 rings (SSSR count). The summed E-state index contributed by atoms with van der Waals surface area (Å²) < 4.78 is 5.98. The molecule has 102 valence electrons. The Hall–Kier alpha value is -0.120. The van der Waals surface area contributed by atoms with Gasteiger partial charge < -0.3 is 15.0 Å². The lowest BCUT2D eigenvalue weighted by Gasteiger charge is -2.27. The molecule has 3 nitrogen and oxygen atoms in total. The molecule has 17 heavy (non-hydrogen) atoms. The van der Waals surface area contributed by atoms with Gasteiger partial charge in [0.05, 0.1) is 12.7 Å². The summed E-state index contributed by atoms with van der Waals surface area (Å²) in [4.78, 5) is 2.54.